The van der Waals surface area contributed by atoms with E-state index in [9.17, 15) is 8.42 Å². The average molecular weight is 326 g/mol. The Morgan fingerprint density at radius 3 is 2.30 bits per heavy atom. The fraction of sp³-hybridized carbons (Fsp3) is 0.111. The predicted molar refractivity (Wildman–Crippen MR) is 95.5 cm³/mol. The third-order valence-electron chi connectivity index (χ3n) is 3.71. The van der Waals surface area contributed by atoms with Gasteiger partial charge in [0.15, 0.2) is 0 Å². The van der Waals surface area contributed by atoms with Gasteiger partial charge in [-0.1, -0.05) is 36.4 Å². The molecule has 3 rings (SSSR count). The summed E-state index contributed by atoms with van der Waals surface area (Å²) in [4.78, 5) is 0.272. The first-order valence-corrected chi connectivity index (χ1v) is 8.78. The van der Waals surface area contributed by atoms with Crippen LogP contribution in [0.5, 0.6) is 0 Å². The molecule has 0 radical (unpaired) electrons. The Hall–Kier alpha value is -2.53. The maximum atomic E-state index is 12.8. The van der Waals surface area contributed by atoms with Crippen molar-refractivity contribution in [1.29, 1.82) is 0 Å². The Kier molecular flexibility index (Phi) is 3.96. The average Bonchev–Trinajstić information content (AvgIpc) is 2.53. The number of hydrogen-bond acceptors (Lipinski definition) is 3. The minimum Gasteiger partial charge on any atom is -0.388 e. The number of benzene rings is 3. The van der Waals surface area contributed by atoms with Crippen LogP contribution in [-0.4, -0.2) is 15.5 Å². The summed E-state index contributed by atoms with van der Waals surface area (Å²) in [5.41, 5.74) is 2.46. The van der Waals surface area contributed by atoms with Crippen LogP contribution in [0.25, 0.3) is 10.8 Å². The van der Waals surface area contributed by atoms with Gasteiger partial charge in [0.1, 0.15) is 0 Å². The van der Waals surface area contributed by atoms with Crippen molar-refractivity contribution >= 4 is 32.2 Å². The van der Waals surface area contributed by atoms with Crippen molar-refractivity contribution in [2.24, 2.45) is 0 Å². The minimum absolute atomic E-state index is 0.272. The van der Waals surface area contributed by atoms with Gasteiger partial charge in [0.25, 0.3) is 10.0 Å². The van der Waals surface area contributed by atoms with Gasteiger partial charge >= 0.3 is 0 Å². The number of hydrogen-bond donors (Lipinski definition) is 2. The van der Waals surface area contributed by atoms with Crippen molar-refractivity contribution in [1.82, 2.24) is 0 Å². The van der Waals surface area contributed by atoms with Gasteiger partial charge in [0.2, 0.25) is 0 Å². The molecule has 4 nitrogen and oxygen atoms in total. The molecule has 3 aromatic carbocycles. The summed E-state index contributed by atoms with van der Waals surface area (Å²) >= 11 is 0. The van der Waals surface area contributed by atoms with E-state index >= 15 is 0 Å². The van der Waals surface area contributed by atoms with E-state index in [1.807, 2.05) is 56.4 Å². The number of anilines is 2. The molecule has 0 spiro atoms. The molecule has 0 bridgehead atoms. The first kappa shape index (κ1) is 15.4. The molecular formula is C18H18N2O2S. The molecule has 0 aliphatic carbocycles. The zero-order valence-corrected chi connectivity index (χ0v) is 13.8. The van der Waals surface area contributed by atoms with Crippen molar-refractivity contribution in [3.05, 3.63) is 66.2 Å². The number of rotatable bonds is 4. The number of sulfonamides is 1. The summed E-state index contributed by atoms with van der Waals surface area (Å²) in [5.74, 6) is 0. The first-order chi connectivity index (χ1) is 11.0. The fourth-order valence-corrected chi connectivity index (χ4v) is 3.92. The highest BCUT2D eigenvalue weighted by Gasteiger charge is 2.18. The summed E-state index contributed by atoms with van der Waals surface area (Å²) in [6.45, 7) is 1.93. The zero-order chi connectivity index (χ0) is 16.4. The third-order valence-corrected chi connectivity index (χ3v) is 5.15. The molecule has 0 atom stereocenters. The van der Waals surface area contributed by atoms with E-state index in [1.54, 1.807) is 18.2 Å². The van der Waals surface area contributed by atoms with E-state index in [2.05, 4.69) is 10.0 Å². The van der Waals surface area contributed by atoms with Gasteiger partial charge in [-0.2, -0.15) is 0 Å². The maximum Gasteiger partial charge on any atom is 0.262 e. The van der Waals surface area contributed by atoms with Gasteiger partial charge in [-0.15, -0.1) is 0 Å². The Morgan fingerprint density at radius 1 is 0.870 bits per heavy atom. The smallest absolute Gasteiger partial charge is 0.262 e. The van der Waals surface area contributed by atoms with E-state index in [-0.39, 0.29) is 4.90 Å². The summed E-state index contributed by atoms with van der Waals surface area (Å²) in [6.07, 6.45) is 0. The molecule has 0 heterocycles. The minimum atomic E-state index is -3.66. The molecule has 0 aromatic heterocycles. The highest BCUT2D eigenvalue weighted by Crippen LogP contribution is 2.29. The van der Waals surface area contributed by atoms with Crippen LogP contribution >= 0.6 is 0 Å². The van der Waals surface area contributed by atoms with E-state index in [0.717, 1.165) is 16.6 Å². The monoisotopic (exact) mass is 326 g/mol. The van der Waals surface area contributed by atoms with Gasteiger partial charge < -0.3 is 5.32 Å². The number of fused-ring (bicyclic) bond motifs is 1. The Balaban J connectivity index is 2.12. The molecule has 0 aliphatic heterocycles. The van der Waals surface area contributed by atoms with Crippen molar-refractivity contribution < 1.29 is 8.42 Å². The lowest BCUT2D eigenvalue weighted by Crippen LogP contribution is -2.13. The van der Waals surface area contributed by atoms with Crippen LogP contribution in [0.2, 0.25) is 0 Å². The zero-order valence-electron chi connectivity index (χ0n) is 13.0. The molecule has 0 amide bonds. The summed E-state index contributed by atoms with van der Waals surface area (Å²) in [6, 6.07) is 18.2. The molecule has 0 saturated heterocycles. The number of nitrogens with one attached hydrogen (secondary N) is 2. The van der Waals surface area contributed by atoms with Gasteiger partial charge in [-0.3, -0.25) is 4.72 Å². The molecular weight excluding hydrogens is 308 g/mol. The molecule has 0 fully saturated rings. The maximum absolute atomic E-state index is 12.8. The number of aryl methyl sites for hydroxylation is 1. The highest BCUT2D eigenvalue weighted by molar-refractivity contribution is 7.93. The lowest BCUT2D eigenvalue weighted by molar-refractivity contribution is 0.602. The van der Waals surface area contributed by atoms with Crippen molar-refractivity contribution in [2.45, 2.75) is 11.8 Å². The lowest BCUT2D eigenvalue weighted by atomic mass is 10.1. The largest absolute Gasteiger partial charge is 0.388 e. The lowest BCUT2D eigenvalue weighted by Gasteiger charge is -2.12. The molecule has 23 heavy (non-hydrogen) atoms. The van der Waals surface area contributed by atoms with Crippen LogP contribution in [0.3, 0.4) is 0 Å². The van der Waals surface area contributed by atoms with Crippen LogP contribution in [0.15, 0.2) is 65.6 Å². The van der Waals surface area contributed by atoms with Gasteiger partial charge in [0, 0.05) is 29.2 Å². The van der Waals surface area contributed by atoms with Crippen LogP contribution < -0.4 is 10.0 Å². The van der Waals surface area contributed by atoms with Gasteiger partial charge in [-0.05, 0) is 36.8 Å². The van der Waals surface area contributed by atoms with E-state index in [4.69, 9.17) is 0 Å². The standard InChI is InChI=1S/C18H18N2O2S/c1-13-6-3-7-14(12-13)20-23(21,22)18-11-5-8-15-16(18)9-4-10-17(15)19-2/h3-12,19-20H,1-2H3. The van der Waals surface area contributed by atoms with Crippen LogP contribution in [0.1, 0.15) is 5.56 Å². The predicted octanol–water partition coefficient (Wildman–Crippen LogP) is 3.99. The highest BCUT2D eigenvalue weighted by atomic mass is 32.2. The van der Waals surface area contributed by atoms with Crippen molar-refractivity contribution in [3.63, 3.8) is 0 Å². The molecule has 5 heteroatoms. The van der Waals surface area contributed by atoms with Crippen LogP contribution in [-0.2, 0) is 10.0 Å². The summed E-state index contributed by atoms with van der Waals surface area (Å²) < 4.78 is 28.2. The molecule has 0 aliphatic rings. The second-order valence-corrected chi connectivity index (χ2v) is 7.03. The van der Waals surface area contributed by atoms with E-state index in [1.165, 1.54) is 0 Å². The van der Waals surface area contributed by atoms with Crippen LogP contribution in [0, 0.1) is 6.92 Å². The first-order valence-electron chi connectivity index (χ1n) is 7.30. The quantitative estimate of drug-likeness (QED) is 0.762. The van der Waals surface area contributed by atoms with Gasteiger partial charge in [-0.25, -0.2) is 8.42 Å². The topological polar surface area (TPSA) is 58.2 Å². The second kappa shape index (κ2) is 5.93. The van der Waals surface area contributed by atoms with E-state index < -0.39 is 10.0 Å². The van der Waals surface area contributed by atoms with Crippen molar-refractivity contribution in [3.8, 4) is 0 Å². The van der Waals surface area contributed by atoms with E-state index in [0.29, 0.717) is 11.1 Å². The molecule has 0 unspecified atom stereocenters. The Bertz CT molecular complexity index is 966. The fourth-order valence-electron chi connectivity index (χ4n) is 2.65. The molecule has 118 valence electrons. The molecule has 2 N–H and O–H groups in total. The normalized spacial score (nSPS) is 11.4. The van der Waals surface area contributed by atoms with Crippen LogP contribution in [0.4, 0.5) is 11.4 Å². The van der Waals surface area contributed by atoms with Crippen molar-refractivity contribution in [2.75, 3.05) is 17.1 Å². The molecule has 0 saturated carbocycles. The second-order valence-electron chi connectivity index (χ2n) is 5.38. The Labute approximate surface area is 136 Å². The Morgan fingerprint density at radius 2 is 1.57 bits per heavy atom. The summed E-state index contributed by atoms with van der Waals surface area (Å²) in [7, 11) is -1.84. The SMILES string of the molecule is CNc1cccc2c(S(=O)(=O)Nc3cccc(C)c3)cccc12. The third kappa shape index (κ3) is 3.00. The molecule has 3 aromatic rings. The summed E-state index contributed by atoms with van der Waals surface area (Å²) in [5, 5.41) is 4.66. The van der Waals surface area contributed by atoms with Gasteiger partial charge in [0.05, 0.1) is 4.90 Å².